The summed E-state index contributed by atoms with van der Waals surface area (Å²) in [5.41, 5.74) is 2.45. The van der Waals surface area contributed by atoms with Crippen LogP contribution in [0.5, 0.6) is 0 Å². The van der Waals surface area contributed by atoms with Gasteiger partial charge in [-0.3, -0.25) is 0 Å². The zero-order chi connectivity index (χ0) is 10.4. The second kappa shape index (κ2) is 6.05. The van der Waals surface area contributed by atoms with Crippen molar-refractivity contribution in [2.45, 2.75) is 32.3 Å². The molecule has 0 saturated heterocycles. The van der Waals surface area contributed by atoms with Gasteiger partial charge in [-0.05, 0) is 31.7 Å². The smallest absolute Gasteiger partial charge is 0.0581 e. The predicted molar refractivity (Wildman–Crippen MR) is 60.8 cm³/mol. The van der Waals surface area contributed by atoms with Crippen molar-refractivity contribution in [3.8, 4) is 0 Å². The standard InChI is InChI=1S/C12H17ClO/c1-10-4-6-11(7-5-10)9-12(14)3-2-8-13/h4-7,12,14H,2-3,8-9H2,1H3. The lowest BCUT2D eigenvalue weighted by Gasteiger charge is -2.09. The Morgan fingerprint density at radius 1 is 1.29 bits per heavy atom. The zero-order valence-electron chi connectivity index (χ0n) is 8.54. The summed E-state index contributed by atoms with van der Waals surface area (Å²) in [4.78, 5) is 0. The summed E-state index contributed by atoms with van der Waals surface area (Å²) < 4.78 is 0. The Morgan fingerprint density at radius 3 is 2.50 bits per heavy atom. The minimum atomic E-state index is -0.253. The maximum atomic E-state index is 9.64. The molecule has 1 aromatic carbocycles. The highest BCUT2D eigenvalue weighted by Crippen LogP contribution is 2.09. The summed E-state index contributed by atoms with van der Waals surface area (Å²) in [7, 11) is 0. The second-order valence-corrected chi connectivity index (χ2v) is 4.05. The largest absolute Gasteiger partial charge is 0.393 e. The maximum Gasteiger partial charge on any atom is 0.0581 e. The van der Waals surface area contributed by atoms with Gasteiger partial charge in [-0.2, -0.15) is 0 Å². The Labute approximate surface area is 90.7 Å². The lowest BCUT2D eigenvalue weighted by Crippen LogP contribution is -2.10. The Bertz CT molecular complexity index is 256. The summed E-state index contributed by atoms with van der Waals surface area (Å²) >= 11 is 5.56. The number of hydrogen-bond donors (Lipinski definition) is 1. The molecule has 0 bridgehead atoms. The summed E-state index contributed by atoms with van der Waals surface area (Å²) in [6.07, 6.45) is 2.15. The van der Waals surface area contributed by atoms with Crippen molar-refractivity contribution in [3.05, 3.63) is 35.4 Å². The summed E-state index contributed by atoms with van der Waals surface area (Å²) in [5, 5.41) is 9.64. The Hall–Kier alpha value is -0.530. The van der Waals surface area contributed by atoms with Crippen LogP contribution in [0.3, 0.4) is 0 Å². The molecule has 0 spiro atoms. The van der Waals surface area contributed by atoms with Crippen LogP contribution in [0.25, 0.3) is 0 Å². The third-order valence-corrected chi connectivity index (χ3v) is 2.53. The molecule has 1 atom stereocenters. The van der Waals surface area contributed by atoms with Gasteiger partial charge >= 0.3 is 0 Å². The van der Waals surface area contributed by atoms with Crippen LogP contribution in [0.15, 0.2) is 24.3 Å². The molecule has 78 valence electrons. The average molecular weight is 213 g/mol. The molecule has 0 radical (unpaired) electrons. The Morgan fingerprint density at radius 2 is 1.93 bits per heavy atom. The van der Waals surface area contributed by atoms with Crippen molar-refractivity contribution in [1.29, 1.82) is 0 Å². The van der Waals surface area contributed by atoms with E-state index in [1.807, 2.05) is 0 Å². The number of benzene rings is 1. The molecule has 0 aromatic heterocycles. The number of alkyl halides is 1. The molecule has 0 amide bonds. The van der Waals surface area contributed by atoms with Gasteiger partial charge in [0.05, 0.1) is 6.10 Å². The van der Waals surface area contributed by atoms with Crippen LogP contribution in [-0.4, -0.2) is 17.1 Å². The highest BCUT2D eigenvalue weighted by Gasteiger charge is 2.04. The molecule has 0 aliphatic carbocycles. The van der Waals surface area contributed by atoms with Crippen molar-refractivity contribution in [1.82, 2.24) is 0 Å². The highest BCUT2D eigenvalue weighted by molar-refractivity contribution is 6.17. The van der Waals surface area contributed by atoms with Crippen LogP contribution in [0.4, 0.5) is 0 Å². The third kappa shape index (κ3) is 4.12. The summed E-state index contributed by atoms with van der Waals surface area (Å²) in [5.74, 6) is 0.630. The molecule has 1 rings (SSSR count). The predicted octanol–water partition coefficient (Wildman–Crippen LogP) is 2.92. The van der Waals surface area contributed by atoms with Gasteiger partial charge in [-0.25, -0.2) is 0 Å². The molecule has 1 N–H and O–H groups in total. The van der Waals surface area contributed by atoms with Gasteiger partial charge in [0.25, 0.3) is 0 Å². The highest BCUT2D eigenvalue weighted by atomic mass is 35.5. The van der Waals surface area contributed by atoms with Gasteiger partial charge in [0.2, 0.25) is 0 Å². The fourth-order valence-corrected chi connectivity index (χ4v) is 1.57. The normalized spacial score (nSPS) is 12.8. The van der Waals surface area contributed by atoms with E-state index in [4.69, 9.17) is 11.6 Å². The van der Waals surface area contributed by atoms with Crippen molar-refractivity contribution in [2.24, 2.45) is 0 Å². The fraction of sp³-hybridized carbons (Fsp3) is 0.500. The van der Waals surface area contributed by atoms with Crippen LogP contribution < -0.4 is 0 Å². The minimum Gasteiger partial charge on any atom is -0.393 e. The van der Waals surface area contributed by atoms with E-state index in [1.54, 1.807) is 0 Å². The van der Waals surface area contributed by atoms with Crippen molar-refractivity contribution in [3.63, 3.8) is 0 Å². The molecular formula is C12H17ClO. The van der Waals surface area contributed by atoms with E-state index in [1.165, 1.54) is 11.1 Å². The fourth-order valence-electron chi connectivity index (χ4n) is 1.41. The minimum absolute atomic E-state index is 0.253. The van der Waals surface area contributed by atoms with Gasteiger partial charge in [0, 0.05) is 5.88 Å². The summed E-state index contributed by atoms with van der Waals surface area (Å²) in [6, 6.07) is 8.28. The SMILES string of the molecule is Cc1ccc(CC(O)CCCCl)cc1. The molecule has 0 aliphatic heterocycles. The van der Waals surface area contributed by atoms with E-state index in [-0.39, 0.29) is 6.10 Å². The molecule has 0 fully saturated rings. The zero-order valence-corrected chi connectivity index (χ0v) is 9.30. The van der Waals surface area contributed by atoms with Gasteiger partial charge in [0.1, 0.15) is 0 Å². The van der Waals surface area contributed by atoms with Crippen LogP contribution in [-0.2, 0) is 6.42 Å². The first-order chi connectivity index (χ1) is 6.72. The number of hydrogen-bond acceptors (Lipinski definition) is 1. The monoisotopic (exact) mass is 212 g/mol. The van der Waals surface area contributed by atoms with E-state index >= 15 is 0 Å². The van der Waals surface area contributed by atoms with Crippen LogP contribution in [0, 0.1) is 6.92 Å². The quantitative estimate of drug-likeness (QED) is 0.745. The Balaban J connectivity index is 2.39. The molecule has 2 heteroatoms. The van der Waals surface area contributed by atoms with Crippen molar-refractivity contribution in [2.75, 3.05) is 5.88 Å². The third-order valence-electron chi connectivity index (χ3n) is 2.26. The maximum absolute atomic E-state index is 9.64. The van der Waals surface area contributed by atoms with Gasteiger partial charge in [-0.15, -0.1) is 11.6 Å². The molecule has 1 nitrogen and oxygen atoms in total. The van der Waals surface area contributed by atoms with Gasteiger partial charge < -0.3 is 5.11 Å². The van der Waals surface area contributed by atoms with Gasteiger partial charge in [-0.1, -0.05) is 29.8 Å². The molecule has 0 saturated carbocycles. The molecule has 0 aliphatic rings. The number of aliphatic hydroxyl groups is 1. The molecule has 1 unspecified atom stereocenters. The lowest BCUT2D eigenvalue weighted by atomic mass is 10.0. The molecule has 1 aromatic rings. The lowest BCUT2D eigenvalue weighted by molar-refractivity contribution is 0.164. The first-order valence-electron chi connectivity index (χ1n) is 5.02. The van der Waals surface area contributed by atoms with Crippen LogP contribution >= 0.6 is 11.6 Å². The summed E-state index contributed by atoms with van der Waals surface area (Å²) in [6.45, 7) is 2.06. The van der Waals surface area contributed by atoms with E-state index in [2.05, 4.69) is 31.2 Å². The van der Waals surface area contributed by atoms with E-state index in [9.17, 15) is 5.11 Å². The van der Waals surface area contributed by atoms with Gasteiger partial charge in [0.15, 0.2) is 0 Å². The first-order valence-corrected chi connectivity index (χ1v) is 5.55. The molecule has 0 heterocycles. The van der Waals surface area contributed by atoms with Crippen molar-refractivity contribution >= 4 is 11.6 Å². The second-order valence-electron chi connectivity index (χ2n) is 3.67. The number of aryl methyl sites for hydroxylation is 1. The van der Waals surface area contributed by atoms with E-state index < -0.39 is 0 Å². The van der Waals surface area contributed by atoms with Crippen molar-refractivity contribution < 1.29 is 5.11 Å². The number of aliphatic hydroxyl groups excluding tert-OH is 1. The molecular weight excluding hydrogens is 196 g/mol. The molecule has 14 heavy (non-hydrogen) atoms. The van der Waals surface area contributed by atoms with E-state index in [0.29, 0.717) is 5.88 Å². The van der Waals surface area contributed by atoms with Crippen LogP contribution in [0.1, 0.15) is 24.0 Å². The first kappa shape index (κ1) is 11.5. The number of halogens is 1. The topological polar surface area (TPSA) is 20.2 Å². The average Bonchev–Trinajstić information content (AvgIpc) is 2.18. The van der Waals surface area contributed by atoms with E-state index in [0.717, 1.165) is 19.3 Å². The Kier molecular flexibility index (Phi) is 4.99. The number of rotatable bonds is 5. The van der Waals surface area contributed by atoms with Crippen LogP contribution in [0.2, 0.25) is 0 Å².